The van der Waals surface area contributed by atoms with Crippen molar-refractivity contribution in [2.75, 3.05) is 10.6 Å². The van der Waals surface area contributed by atoms with E-state index in [1.807, 2.05) is 26.0 Å². The number of carbonyl (C=O) groups excluding carboxylic acids is 1. The van der Waals surface area contributed by atoms with Crippen LogP contribution in [0.15, 0.2) is 34.8 Å². The number of nitrogens with one attached hydrogen (secondary N) is 2. The van der Waals surface area contributed by atoms with Gasteiger partial charge in [0.2, 0.25) is 0 Å². The number of urea groups is 1. The first-order chi connectivity index (χ1) is 9.86. The number of halogens is 3. The molecule has 0 aliphatic heterocycles. The lowest BCUT2D eigenvalue weighted by molar-refractivity contribution is 0.262. The summed E-state index contributed by atoms with van der Waals surface area (Å²) in [6, 6.07) is 8.44. The highest BCUT2D eigenvalue weighted by Gasteiger charge is 2.11. The maximum Gasteiger partial charge on any atom is 0.323 e. The predicted octanol–water partition coefficient (Wildman–Crippen LogP) is 6.02. The highest BCUT2D eigenvalue weighted by molar-refractivity contribution is 9.10. The van der Waals surface area contributed by atoms with Crippen molar-refractivity contribution in [3.63, 3.8) is 0 Å². The quantitative estimate of drug-likeness (QED) is 0.650. The Hall–Kier alpha value is -1.23. The number of rotatable bonds is 2. The van der Waals surface area contributed by atoms with Crippen molar-refractivity contribution >= 4 is 56.5 Å². The third kappa shape index (κ3) is 4.13. The lowest BCUT2D eigenvalue weighted by Gasteiger charge is -2.13. The fraction of sp³-hybridized carbons (Fsp3) is 0.133. The lowest BCUT2D eigenvalue weighted by Crippen LogP contribution is -2.20. The average molecular weight is 388 g/mol. The summed E-state index contributed by atoms with van der Waals surface area (Å²) in [6.45, 7) is 3.92. The van der Waals surface area contributed by atoms with Crippen LogP contribution in [-0.2, 0) is 0 Å². The van der Waals surface area contributed by atoms with E-state index >= 15 is 0 Å². The summed E-state index contributed by atoms with van der Waals surface area (Å²) in [5, 5.41) is 6.41. The number of carbonyl (C=O) groups is 1. The van der Waals surface area contributed by atoms with Crippen LogP contribution in [-0.4, -0.2) is 6.03 Å². The number of anilines is 2. The Labute approximate surface area is 141 Å². The molecule has 6 heteroatoms. The Bertz CT molecular complexity index is 681. The fourth-order valence-electron chi connectivity index (χ4n) is 1.93. The maximum absolute atomic E-state index is 12.1. The fourth-order valence-corrected chi connectivity index (χ4v) is 3.04. The molecule has 0 bridgehead atoms. The van der Waals surface area contributed by atoms with E-state index in [0.717, 1.165) is 21.3 Å². The summed E-state index contributed by atoms with van der Waals surface area (Å²) in [4.78, 5) is 12.1. The summed E-state index contributed by atoms with van der Waals surface area (Å²) >= 11 is 15.4. The van der Waals surface area contributed by atoms with E-state index in [1.165, 1.54) is 0 Å². The molecule has 3 nitrogen and oxygen atoms in total. The normalized spacial score (nSPS) is 10.3. The Balaban J connectivity index is 2.17. The minimum Gasteiger partial charge on any atom is -0.306 e. The van der Waals surface area contributed by atoms with Crippen molar-refractivity contribution in [2.24, 2.45) is 0 Å². The third-order valence-electron chi connectivity index (χ3n) is 2.85. The minimum atomic E-state index is -0.383. The molecule has 0 saturated heterocycles. The van der Waals surface area contributed by atoms with Gasteiger partial charge >= 0.3 is 6.03 Å². The number of benzene rings is 2. The zero-order valence-corrected chi connectivity index (χ0v) is 14.5. The molecule has 0 radical (unpaired) electrons. The van der Waals surface area contributed by atoms with Crippen LogP contribution < -0.4 is 10.6 Å². The predicted molar refractivity (Wildman–Crippen MR) is 92.7 cm³/mol. The Morgan fingerprint density at radius 1 is 1.10 bits per heavy atom. The number of amides is 2. The molecule has 0 unspecified atom stereocenters. The highest BCUT2D eigenvalue weighted by Crippen LogP contribution is 2.29. The van der Waals surface area contributed by atoms with Crippen LogP contribution in [0.1, 0.15) is 11.1 Å². The van der Waals surface area contributed by atoms with E-state index < -0.39 is 0 Å². The lowest BCUT2D eigenvalue weighted by atomic mass is 10.1. The molecular formula is C15H13BrCl2N2O. The Kier molecular flexibility index (Phi) is 5.14. The van der Waals surface area contributed by atoms with Crippen molar-refractivity contribution in [3.05, 3.63) is 56.0 Å². The van der Waals surface area contributed by atoms with Gasteiger partial charge in [0.05, 0.1) is 16.4 Å². The summed E-state index contributed by atoms with van der Waals surface area (Å²) in [7, 11) is 0. The van der Waals surface area contributed by atoms with Gasteiger partial charge in [0.25, 0.3) is 0 Å². The van der Waals surface area contributed by atoms with Crippen LogP contribution >= 0.6 is 39.1 Å². The van der Waals surface area contributed by atoms with Crippen molar-refractivity contribution < 1.29 is 4.79 Å². The average Bonchev–Trinajstić information content (AvgIpc) is 2.38. The summed E-state index contributed by atoms with van der Waals surface area (Å²) in [5.41, 5.74) is 3.26. The highest BCUT2D eigenvalue weighted by atomic mass is 79.9. The summed E-state index contributed by atoms with van der Waals surface area (Å²) in [6.07, 6.45) is 0. The molecule has 0 saturated carbocycles. The molecule has 2 N–H and O–H groups in total. The van der Waals surface area contributed by atoms with Gasteiger partial charge in [-0.2, -0.15) is 0 Å². The molecule has 2 amide bonds. The van der Waals surface area contributed by atoms with Crippen molar-refractivity contribution in [2.45, 2.75) is 13.8 Å². The zero-order valence-electron chi connectivity index (χ0n) is 11.4. The van der Waals surface area contributed by atoms with E-state index in [0.29, 0.717) is 15.7 Å². The van der Waals surface area contributed by atoms with Gasteiger partial charge in [0.15, 0.2) is 0 Å². The van der Waals surface area contributed by atoms with Gasteiger partial charge in [0, 0.05) is 9.50 Å². The molecule has 21 heavy (non-hydrogen) atoms. The maximum atomic E-state index is 12.1. The van der Waals surface area contributed by atoms with Crippen LogP contribution in [0.4, 0.5) is 16.2 Å². The molecule has 0 aliphatic rings. The van der Waals surface area contributed by atoms with Gasteiger partial charge in [-0.15, -0.1) is 0 Å². The molecule has 0 fully saturated rings. The third-order valence-corrected chi connectivity index (χ3v) is 4.04. The monoisotopic (exact) mass is 386 g/mol. The topological polar surface area (TPSA) is 41.1 Å². The molecule has 0 atom stereocenters. The van der Waals surface area contributed by atoms with Gasteiger partial charge in [0.1, 0.15) is 0 Å². The minimum absolute atomic E-state index is 0.383. The Morgan fingerprint density at radius 3 is 2.48 bits per heavy atom. The SMILES string of the molecule is Cc1cc(C)c(NC(=O)Nc2cc(Cl)ccc2Cl)c(Br)c1. The van der Waals surface area contributed by atoms with Gasteiger partial charge in [-0.1, -0.05) is 29.3 Å². The molecule has 2 aromatic carbocycles. The van der Waals surface area contributed by atoms with Crippen LogP contribution in [0.2, 0.25) is 10.0 Å². The van der Waals surface area contributed by atoms with Crippen LogP contribution in [0.3, 0.4) is 0 Å². The number of hydrogen-bond acceptors (Lipinski definition) is 1. The van der Waals surface area contributed by atoms with E-state index in [9.17, 15) is 4.79 Å². The molecule has 0 aromatic heterocycles. The molecular weight excluding hydrogens is 375 g/mol. The van der Waals surface area contributed by atoms with Crippen LogP contribution in [0, 0.1) is 13.8 Å². The molecule has 2 aromatic rings. The summed E-state index contributed by atoms with van der Waals surface area (Å²) < 4.78 is 0.826. The second kappa shape index (κ2) is 6.69. The standard InChI is InChI=1S/C15H13BrCl2N2O/c1-8-5-9(2)14(11(16)6-8)20-15(21)19-13-7-10(17)3-4-12(13)18/h3-7H,1-2H3,(H2,19,20,21). The first-order valence-corrected chi connectivity index (χ1v) is 7.71. The van der Waals surface area contributed by atoms with Crippen molar-refractivity contribution in [1.29, 1.82) is 0 Å². The smallest absolute Gasteiger partial charge is 0.306 e. The molecule has 110 valence electrons. The first kappa shape index (κ1) is 16.1. The van der Waals surface area contributed by atoms with Gasteiger partial charge < -0.3 is 10.6 Å². The molecule has 0 spiro atoms. The Morgan fingerprint density at radius 2 is 1.81 bits per heavy atom. The van der Waals surface area contributed by atoms with Gasteiger partial charge in [-0.3, -0.25) is 0 Å². The van der Waals surface area contributed by atoms with Crippen LogP contribution in [0.25, 0.3) is 0 Å². The van der Waals surface area contributed by atoms with Crippen LogP contribution in [0.5, 0.6) is 0 Å². The molecule has 0 aliphatic carbocycles. The van der Waals surface area contributed by atoms with Gasteiger partial charge in [-0.25, -0.2) is 4.79 Å². The molecule has 0 heterocycles. The van der Waals surface area contributed by atoms with E-state index in [4.69, 9.17) is 23.2 Å². The van der Waals surface area contributed by atoms with E-state index in [-0.39, 0.29) is 6.03 Å². The summed E-state index contributed by atoms with van der Waals surface area (Å²) in [5.74, 6) is 0. The van der Waals surface area contributed by atoms with E-state index in [2.05, 4.69) is 26.6 Å². The second-order valence-corrected chi connectivity index (χ2v) is 6.34. The van der Waals surface area contributed by atoms with Crippen molar-refractivity contribution in [1.82, 2.24) is 0 Å². The number of hydrogen-bond donors (Lipinski definition) is 2. The second-order valence-electron chi connectivity index (χ2n) is 4.64. The first-order valence-electron chi connectivity index (χ1n) is 6.16. The van der Waals surface area contributed by atoms with Crippen molar-refractivity contribution in [3.8, 4) is 0 Å². The molecule has 2 rings (SSSR count). The van der Waals surface area contributed by atoms with Gasteiger partial charge in [-0.05, 0) is 65.2 Å². The zero-order chi connectivity index (χ0) is 15.6. The number of aryl methyl sites for hydroxylation is 2. The largest absolute Gasteiger partial charge is 0.323 e. The van der Waals surface area contributed by atoms with E-state index in [1.54, 1.807) is 18.2 Å².